The summed E-state index contributed by atoms with van der Waals surface area (Å²) in [5.74, 6) is 0.480. The van der Waals surface area contributed by atoms with Crippen LogP contribution in [0, 0.1) is 39.0 Å². The Bertz CT molecular complexity index is 965. The van der Waals surface area contributed by atoms with Crippen LogP contribution in [0.3, 0.4) is 0 Å². The third-order valence-electron chi connectivity index (χ3n) is 4.19. The van der Waals surface area contributed by atoms with E-state index in [1.54, 1.807) is 0 Å². The zero-order chi connectivity index (χ0) is 18.0. The molecule has 0 atom stereocenters. The minimum atomic E-state index is 0.480. The molecular formula is C19H20N6. The maximum Gasteiger partial charge on any atom is 0.171 e. The van der Waals surface area contributed by atoms with Gasteiger partial charge in [0.2, 0.25) is 0 Å². The molecule has 0 radical (unpaired) electrons. The van der Waals surface area contributed by atoms with Gasteiger partial charge < -0.3 is 5.32 Å². The fourth-order valence-electron chi connectivity index (χ4n) is 2.72. The number of nitrogens with zero attached hydrogens (tertiary/aromatic N) is 5. The summed E-state index contributed by atoms with van der Waals surface area (Å²) >= 11 is 0. The Hall–Kier alpha value is -3.20. The predicted molar refractivity (Wildman–Crippen MR) is 96.7 cm³/mol. The molecule has 0 spiro atoms. The summed E-state index contributed by atoms with van der Waals surface area (Å²) in [6.07, 6.45) is 0. The van der Waals surface area contributed by atoms with Crippen molar-refractivity contribution in [2.75, 3.05) is 5.32 Å². The van der Waals surface area contributed by atoms with Crippen LogP contribution < -0.4 is 5.32 Å². The smallest absolute Gasteiger partial charge is 0.171 e. The van der Waals surface area contributed by atoms with Crippen LogP contribution in [0.5, 0.6) is 0 Å². The third-order valence-corrected chi connectivity index (χ3v) is 4.19. The first-order chi connectivity index (χ1) is 12.0. The maximum atomic E-state index is 9.41. The van der Waals surface area contributed by atoms with Gasteiger partial charge in [0.05, 0.1) is 17.9 Å². The van der Waals surface area contributed by atoms with Gasteiger partial charge >= 0.3 is 0 Å². The van der Waals surface area contributed by atoms with Crippen molar-refractivity contribution >= 4 is 11.5 Å². The van der Waals surface area contributed by atoms with Crippen LogP contribution in [0.1, 0.15) is 33.8 Å². The molecule has 2 heterocycles. The van der Waals surface area contributed by atoms with Gasteiger partial charge in [-0.1, -0.05) is 12.1 Å². The average molecular weight is 332 g/mol. The Morgan fingerprint density at radius 2 is 1.92 bits per heavy atom. The lowest BCUT2D eigenvalue weighted by Crippen LogP contribution is -2.06. The number of aryl methyl sites for hydroxylation is 3. The van der Waals surface area contributed by atoms with Crippen molar-refractivity contribution in [3.05, 3.63) is 64.1 Å². The van der Waals surface area contributed by atoms with E-state index >= 15 is 0 Å². The minimum Gasteiger partial charge on any atom is -0.338 e. The number of aromatic nitrogens is 4. The first-order valence-electron chi connectivity index (χ1n) is 8.09. The Kier molecular flexibility index (Phi) is 4.48. The van der Waals surface area contributed by atoms with Crippen LogP contribution in [0.25, 0.3) is 0 Å². The topological polar surface area (TPSA) is 79.4 Å². The molecule has 0 aliphatic rings. The quantitative estimate of drug-likeness (QED) is 0.790. The lowest BCUT2D eigenvalue weighted by Gasteiger charge is -2.11. The highest BCUT2D eigenvalue weighted by atomic mass is 15.3. The Balaban J connectivity index is 1.87. The molecule has 126 valence electrons. The van der Waals surface area contributed by atoms with E-state index in [0.29, 0.717) is 17.9 Å². The standard InChI is InChI=1S/C19H20N6/c1-12-8-13(2)25(24-12)11-16-6-5-7-17(9-16)21-19-18(10-20)14(3)15(4)22-23-19/h5-9H,11H2,1-4H3,(H,21,23). The molecule has 3 aromatic rings. The fourth-order valence-corrected chi connectivity index (χ4v) is 2.72. The number of hydrogen-bond donors (Lipinski definition) is 1. The minimum absolute atomic E-state index is 0.480. The Morgan fingerprint density at radius 1 is 1.12 bits per heavy atom. The van der Waals surface area contributed by atoms with Gasteiger partial charge in [-0.2, -0.15) is 15.5 Å². The molecule has 0 bridgehead atoms. The molecule has 0 amide bonds. The maximum absolute atomic E-state index is 9.41. The highest BCUT2D eigenvalue weighted by Crippen LogP contribution is 2.22. The monoisotopic (exact) mass is 332 g/mol. The van der Waals surface area contributed by atoms with Crippen LogP contribution in [0.2, 0.25) is 0 Å². The first-order valence-corrected chi connectivity index (χ1v) is 8.09. The van der Waals surface area contributed by atoms with Crippen LogP contribution >= 0.6 is 0 Å². The summed E-state index contributed by atoms with van der Waals surface area (Å²) in [7, 11) is 0. The summed E-state index contributed by atoms with van der Waals surface area (Å²) in [6, 6.07) is 12.3. The van der Waals surface area contributed by atoms with Crippen molar-refractivity contribution in [3.8, 4) is 6.07 Å². The van der Waals surface area contributed by atoms with Crippen LogP contribution in [-0.4, -0.2) is 20.0 Å². The molecule has 0 saturated heterocycles. The fraction of sp³-hybridized carbons (Fsp3) is 0.263. The number of nitriles is 1. The van der Waals surface area contributed by atoms with E-state index in [4.69, 9.17) is 0 Å². The van der Waals surface area contributed by atoms with Gasteiger partial charge in [0.15, 0.2) is 5.82 Å². The second-order valence-electron chi connectivity index (χ2n) is 6.16. The number of benzene rings is 1. The number of anilines is 2. The van der Waals surface area contributed by atoms with E-state index in [1.807, 2.05) is 50.6 Å². The van der Waals surface area contributed by atoms with E-state index in [9.17, 15) is 5.26 Å². The molecule has 0 fully saturated rings. The zero-order valence-corrected chi connectivity index (χ0v) is 14.8. The van der Waals surface area contributed by atoms with Crippen LogP contribution in [0.15, 0.2) is 30.3 Å². The second-order valence-corrected chi connectivity index (χ2v) is 6.16. The van der Waals surface area contributed by atoms with Crippen molar-refractivity contribution in [3.63, 3.8) is 0 Å². The lowest BCUT2D eigenvalue weighted by atomic mass is 10.1. The van der Waals surface area contributed by atoms with Gasteiger partial charge in [-0.3, -0.25) is 4.68 Å². The van der Waals surface area contributed by atoms with Crippen molar-refractivity contribution in [1.82, 2.24) is 20.0 Å². The molecular weight excluding hydrogens is 312 g/mol. The highest BCUT2D eigenvalue weighted by Gasteiger charge is 2.11. The van der Waals surface area contributed by atoms with E-state index in [-0.39, 0.29) is 0 Å². The van der Waals surface area contributed by atoms with Crippen molar-refractivity contribution in [1.29, 1.82) is 5.26 Å². The molecule has 3 rings (SSSR count). The molecule has 1 N–H and O–H groups in total. The predicted octanol–water partition coefficient (Wildman–Crippen LogP) is 3.57. The summed E-state index contributed by atoms with van der Waals surface area (Å²) in [5, 5.41) is 25.4. The molecule has 0 aliphatic heterocycles. The summed E-state index contributed by atoms with van der Waals surface area (Å²) in [5.41, 5.74) is 6.26. The van der Waals surface area contributed by atoms with Crippen molar-refractivity contribution in [2.45, 2.75) is 34.2 Å². The summed E-state index contributed by atoms with van der Waals surface area (Å²) in [6.45, 7) is 8.46. The van der Waals surface area contributed by atoms with E-state index in [0.717, 1.165) is 33.9 Å². The Morgan fingerprint density at radius 3 is 2.60 bits per heavy atom. The molecule has 0 saturated carbocycles. The van der Waals surface area contributed by atoms with Gasteiger partial charge in [-0.15, -0.1) is 5.10 Å². The Labute approximate surface area is 147 Å². The van der Waals surface area contributed by atoms with E-state index in [2.05, 4.69) is 38.8 Å². The van der Waals surface area contributed by atoms with Gasteiger partial charge in [0.1, 0.15) is 11.6 Å². The van der Waals surface area contributed by atoms with E-state index < -0.39 is 0 Å². The lowest BCUT2D eigenvalue weighted by molar-refractivity contribution is 0.659. The van der Waals surface area contributed by atoms with Gasteiger partial charge in [0, 0.05) is 11.4 Å². The summed E-state index contributed by atoms with van der Waals surface area (Å²) in [4.78, 5) is 0. The third kappa shape index (κ3) is 3.50. The van der Waals surface area contributed by atoms with Gasteiger partial charge in [-0.05, 0) is 57.0 Å². The molecule has 6 nitrogen and oxygen atoms in total. The van der Waals surface area contributed by atoms with Gasteiger partial charge in [-0.25, -0.2) is 0 Å². The molecule has 25 heavy (non-hydrogen) atoms. The number of nitrogens with one attached hydrogen (secondary N) is 1. The van der Waals surface area contributed by atoms with Crippen molar-refractivity contribution in [2.24, 2.45) is 0 Å². The largest absolute Gasteiger partial charge is 0.338 e. The van der Waals surface area contributed by atoms with Crippen molar-refractivity contribution < 1.29 is 0 Å². The molecule has 0 aliphatic carbocycles. The normalized spacial score (nSPS) is 10.5. The van der Waals surface area contributed by atoms with Crippen LogP contribution in [-0.2, 0) is 6.54 Å². The molecule has 6 heteroatoms. The van der Waals surface area contributed by atoms with Gasteiger partial charge in [0.25, 0.3) is 0 Å². The van der Waals surface area contributed by atoms with Crippen LogP contribution in [0.4, 0.5) is 11.5 Å². The van der Waals surface area contributed by atoms with E-state index in [1.165, 1.54) is 0 Å². The molecule has 1 aromatic carbocycles. The second kappa shape index (κ2) is 6.73. The number of rotatable bonds is 4. The number of hydrogen-bond acceptors (Lipinski definition) is 5. The highest BCUT2D eigenvalue weighted by molar-refractivity contribution is 5.64. The SMILES string of the molecule is Cc1cc(C)n(Cc2cccc(Nc3nnc(C)c(C)c3C#N)c2)n1. The average Bonchev–Trinajstić information content (AvgIpc) is 2.89. The zero-order valence-electron chi connectivity index (χ0n) is 14.8. The first kappa shape index (κ1) is 16.7. The summed E-state index contributed by atoms with van der Waals surface area (Å²) < 4.78 is 1.98. The molecule has 2 aromatic heterocycles. The molecule has 0 unspecified atom stereocenters.